The first-order valence-electron chi connectivity index (χ1n) is 35.4. The number of carbonyl (C=O) groups excluding carboxylic acids is 4. The molecule has 0 bridgehead atoms. The highest BCUT2D eigenvalue weighted by Gasteiger charge is 2.30. The maximum absolute atomic E-state index is 13.0. The molecule has 0 amide bonds. The second-order valence-corrected chi connectivity index (χ2v) is 28.7. The predicted octanol–water partition coefficient (Wildman–Crippen LogP) is 19.1. The Morgan fingerprint density at radius 3 is 0.874 bits per heavy atom. The van der Waals surface area contributed by atoms with E-state index in [0.29, 0.717) is 31.6 Å². The number of phosphoric ester groups is 2. The Hall–Kier alpha value is -1.94. The first-order chi connectivity index (χ1) is 41.8. The lowest BCUT2D eigenvalue weighted by Crippen LogP contribution is -2.30. The molecular formula is C68H132O17P2. The largest absolute Gasteiger partial charge is 0.472 e. The first kappa shape index (κ1) is 85.1. The molecule has 19 heteroatoms. The minimum atomic E-state index is -4.95. The number of aliphatic hydroxyl groups is 1. The van der Waals surface area contributed by atoms with Crippen molar-refractivity contribution in [1.29, 1.82) is 0 Å². The molecule has 516 valence electrons. The van der Waals surface area contributed by atoms with Crippen LogP contribution in [0.4, 0.5) is 0 Å². The summed E-state index contributed by atoms with van der Waals surface area (Å²) in [6.45, 7) is 11.7. The molecule has 0 rings (SSSR count). The number of carbonyl (C=O) groups is 4. The van der Waals surface area contributed by atoms with Gasteiger partial charge in [0.25, 0.3) is 0 Å². The average Bonchev–Trinajstić information content (AvgIpc) is 3.64. The van der Waals surface area contributed by atoms with E-state index in [-0.39, 0.29) is 25.7 Å². The SMILES string of the molecule is CCCCCCCCCCCC(=O)OC[C@H](COP(=O)(O)OC[C@H](O)COP(=O)(O)OC[C@@H](COC(=O)CCCCCCCCCC(C)C)OC(=O)CCCCCCCCCCCCCCCCCC(C)C)OC(=O)CCCCCCCCC(C)CC. The molecule has 3 unspecified atom stereocenters. The zero-order valence-electron chi connectivity index (χ0n) is 56.5. The van der Waals surface area contributed by atoms with Crippen LogP contribution in [-0.2, 0) is 65.4 Å². The molecule has 0 spiro atoms. The van der Waals surface area contributed by atoms with Crippen LogP contribution in [0.1, 0.15) is 337 Å². The van der Waals surface area contributed by atoms with Crippen molar-refractivity contribution in [3.8, 4) is 0 Å². The summed E-state index contributed by atoms with van der Waals surface area (Å²) in [5, 5.41) is 10.6. The smallest absolute Gasteiger partial charge is 0.462 e. The summed E-state index contributed by atoms with van der Waals surface area (Å²) in [4.78, 5) is 72.3. The molecule has 0 radical (unpaired) electrons. The van der Waals surface area contributed by atoms with Gasteiger partial charge >= 0.3 is 39.5 Å². The Labute approximate surface area is 530 Å². The molecule has 6 atom stereocenters. The van der Waals surface area contributed by atoms with Gasteiger partial charge in [0.05, 0.1) is 26.4 Å². The van der Waals surface area contributed by atoms with E-state index in [0.717, 1.165) is 108 Å². The van der Waals surface area contributed by atoms with Crippen molar-refractivity contribution >= 4 is 39.5 Å². The molecular weight excluding hydrogens is 1150 g/mol. The lowest BCUT2D eigenvalue weighted by Gasteiger charge is -2.21. The van der Waals surface area contributed by atoms with Crippen LogP contribution >= 0.6 is 15.6 Å². The maximum Gasteiger partial charge on any atom is 0.472 e. The fourth-order valence-corrected chi connectivity index (χ4v) is 11.7. The Morgan fingerprint density at radius 1 is 0.333 bits per heavy atom. The summed E-state index contributed by atoms with van der Waals surface area (Å²) in [6, 6.07) is 0. The van der Waals surface area contributed by atoms with E-state index in [1.54, 1.807) is 0 Å². The van der Waals surface area contributed by atoms with E-state index in [1.165, 1.54) is 141 Å². The third kappa shape index (κ3) is 61.3. The monoisotopic (exact) mass is 1280 g/mol. The van der Waals surface area contributed by atoms with E-state index in [1.807, 2.05) is 0 Å². The van der Waals surface area contributed by atoms with Crippen LogP contribution in [0.5, 0.6) is 0 Å². The number of hydrogen-bond acceptors (Lipinski definition) is 15. The number of rotatable bonds is 66. The Balaban J connectivity index is 5.20. The van der Waals surface area contributed by atoms with Gasteiger partial charge in [0.15, 0.2) is 12.2 Å². The van der Waals surface area contributed by atoms with Gasteiger partial charge in [-0.2, -0.15) is 0 Å². The molecule has 3 N–H and O–H groups in total. The fraction of sp³-hybridized carbons (Fsp3) is 0.941. The first-order valence-corrected chi connectivity index (χ1v) is 38.4. The van der Waals surface area contributed by atoms with E-state index in [2.05, 4.69) is 48.5 Å². The number of unbranched alkanes of at least 4 members (excludes halogenated alkanes) is 33. The molecule has 0 saturated carbocycles. The highest BCUT2D eigenvalue weighted by Crippen LogP contribution is 2.45. The molecule has 87 heavy (non-hydrogen) atoms. The fourth-order valence-electron chi connectivity index (χ4n) is 10.2. The van der Waals surface area contributed by atoms with Crippen molar-refractivity contribution < 1.29 is 80.2 Å². The molecule has 0 aromatic rings. The third-order valence-electron chi connectivity index (χ3n) is 16.0. The molecule has 0 heterocycles. The van der Waals surface area contributed by atoms with Gasteiger partial charge in [-0.25, -0.2) is 9.13 Å². The minimum Gasteiger partial charge on any atom is -0.462 e. The molecule has 0 aromatic carbocycles. The van der Waals surface area contributed by atoms with Crippen molar-refractivity contribution in [3.05, 3.63) is 0 Å². The van der Waals surface area contributed by atoms with E-state index >= 15 is 0 Å². The highest BCUT2D eigenvalue weighted by molar-refractivity contribution is 7.47. The van der Waals surface area contributed by atoms with Gasteiger partial charge in [0, 0.05) is 25.7 Å². The Kier molecular flexibility index (Phi) is 57.8. The van der Waals surface area contributed by atoms with Gasteiger partial charge in [-0.05, 0) is 43.4 Å². The number of hydrogen-bond donors (Lipinski definition) is 3. The van der Waals surface area contributed by atoms with Crippen LogP contribution in [0.3, 0.4) is 0 Å². The average molecular weight is 1280 g/mol. The molecule has 0 aliphatic carbocycles. The van der Waals surface area contributed by atoms with Crippen LogP contribution < -0.4 is 0 Å². The van der Waals surface area contributed by atoms with E-state index in [9.17, 15) is 43.2 Å². The number of ether oxygens (including phenoxy) is 4. The molecule has 0 saturated heterocycles. The van der Waals surface area contributed by atoms with Gasteiger partial charge < -0.3 is 33.8 Å². The second-order valence-electron chi connectivity index (χ2n) is 25.8. The van der Waals surface area contributed by atoms with Crippen molar-refractivity contribution in [3.63, 3.8) is 0 Å². The minimum absolute atomic E-state index is 0.103. The lowest BCUT2D eigenvalue weighted by atomic mass is 10.00. The highest BCUT2D eigenvalue weighted by atomic mass is 31.2. The van der Waals surface area contributed by atoms with Crippen molar-refractivity contribution in [2.45, 2.75) is 356 Å². The van der Waals surface area contributed by atoms with Crippen LogP contribution in [0.25, 0.3) is 0 Å². The predicted molar refractivity (Wildman–Crippen MR) is 349 cm³/mol. The summed E-state index contributed by atoms with van der Waals surface area (Å²) in [5.41, 5.74) is 0. The van der Waals surface area contributed by atoms with Crippen molar-refractivity contribution in [1.82, 2.24) is 0 Å². The molecule has 0 aliphatic rings. The summed E-state index contributed by atoms with van der Waals surface area (Å²) >= 11 is 0. The molecule has 0 aromatic heterocycles. The number of aliphatic hydroxyl groups excluding tert-OH is 1. The van der Waals surface area contributed by atoms with Crippen LogP contribution in [0.2, 0.25) is 0 Å². The zero-order valence-corrected chi connectivity index (χ0v) is 58.3. The zero-order chi connectivity index (χ0) is 64.5. The third-order valence-corrected chi connectivity index (χ3v) is 17.9. The summed E-state index contributed by atoms with van der Waals surface area (Å²) in [5.74, 6) is 0.0938. The summed E-state index contributed by atoms with van der Waals surface area (Å²) in [6.07, 6.45) is 41.9. The van der Waals surface area contributed by atoms with E-state index < -0.39 is 97.5 Å². The number of esters is 4. The summed E-state index contributed by atoms with van der Waals surface area (Å²) in [7, 11) is -9.89. The van der Waals surface area contributed by atoms with Gasteiger partial charge in [-0.1, -0.05) is 286 Å². The van der Waals surface area contributed by atoms with Gasteiger partial charge in [-0.15, -0.1) is 0 Å². The lowest BCUT2D eigenvalue weighted by molar-refractivity contribution is -0.161. The van der Waals surface area contributed by atoms with Gasteiger partial charge in [0.1, 0.15) is 19.3 Å². The van der Waals surface area contributed by atoms with Crippen LogP contribution in [-0.4, -0.2) is 96.7 Å². The standard InChI is InChI=1S/C68H132O17P2/c1-8-10-11-12-13-21-27-35-42-49-65(70)78-56-64(85-68(73)52-45-38-31-30-34-41-48-61(7)9-2)58-83-87(76,77)81-54-62(69)53-80-86(74,75)82-57-63(55-79-66(71)50-43-36-29-24-26-33-40-47-60(5)6)84-67(72)51-44-37-28-23-20-18-16-14-15-17-19-22-25-32-39-46-59(3)4/h59-64,69H,8-58H2,1-7H3,(H,74,75)(H,76,77)/t61?,62-,63-,64-/m1/s1. The Morgan fingerprint density at radius 2 is 0.586 bits per heavy atom. The normalized spacial score (nSPS) is 14.6. The van der Waals surface area contributed by atoms with Crippen LogP contribution in [0.15, 0.2) is 0 Å². The van der Waals surface area contributed by atoms with Crippen molar-refractivity contribution in [2.75, 3.05) is 39.6 Å². The molecule has 0 aliphatic heterocycles. The topological polar surface area (TPSA) is 237 Å². The van der Waals surface area contributed by atoms with Gasteiger partial charge in [0.2, 0.25) is 0 Å². The Bertz CT molecular complexity index is 1720. The number of phosphoric acid groups is 2. The quantitative estimate of drug-likeness (QED) is 0.0222. The second kappa shape index (κ2) is 59.1. The molecule has 0 fully saturated rings. The van der Waals surface area contributed by atoms with E-state index in [4.69, 9.17) is 37.0 Å². The van der Waals surface area contributed by atoms with Crippen molar-refractivity contribution in [2.24, 2.45) is 17.8 Å². The summed E-state index contributed by atoms with van der Waals surface area (Å²) < 4.78 is 68.1. The van der Waals surface area contributed by atoms with Crippen LogP contribution in [0, 0.1) is 17.8 Å². The van der Waals surface area contributed by atoms with Gasteiger partial charge in [-0.3, -0.25) is 37.3 Å². The molecule has 17 nitrogen and oxygen atoms in total. The maximum atomic E-state index is 13.0.